The SMILES string of the molecule is C[Se]c1ccc(C)cn1. The first-order chi connectivity index (χ1) is 4.33. The van der Waals surface area contributed by atoms with Gasteiger partial charge in [0.25, 0.3) is 0 Å². The molecular weight excluding hydrogens is 177 g/mol. The van der Waals surface area contributed by atoms with Crippen LogP contribution in [-0.4, -0.2) is 19.9 Å². The van der Waals surface area contributed by atoms with E-state index in [0.29, 0.717) is 15.0 Å². The third kappa shape index (κ3) is 1.81. The van der Waals surface area contributed by atoms with E-state index in [0.717, 1.165) is 0 Å². The van der Waals surface area contributed by atoms with Gasteiger partial charge < -0.3 is 0 Å². The molecule has 0 radical (unpaired) electrons. The summed E-state index contributed by atoms with van der Waals surface area (Å²) >= 11 is 0.549. The fourth-order valence-corrected chi connectivity index (χ4v) is 1.33. The minimum atomic E-state index is 0.549. The number of aromatic nitrogens is 1. The first-order valence-corrected chi connectivity index (χ1v) is 5.36. The zero-order chi connectivity index (χ0) is 6.69. The Morgan fingerprint density at radius 2 is 2.22 bits per heavy atom. The molecule has 0 N–H and O–H groups in total. The molecule has 1 heterocycles. The van der Waals surface area contributed by atoms with Crippen molar-refractivity contribution < 1.29 is 0 Å². The zero-order valence-electron chi connectivity index (χ0n) is 5.59. The Morgan fingerprint density at radius 1 is 1.44 bits per heavy atom. The number of nitrogens with zero attached hydrogens (tertiary/aromatic N) is 1. The summed E-state index contributed by atoms with van der Waals surface area (Å²) in [5.74, 6) is 2.17. The molecule has 1 rings (SSSR count). The van der Waals surface area contributed by atoms with Gasteiger partial charge in [-0.15, -0.1) is 0 Å². The molecule has 0 atom stereocenters. The second-order valence-electron chi connectivity index (χ2n) is 1.88. The van der Waals surface area contributed by atoms with Crippen LogP contribution in [0.3, 0.4) is 0 Å². The third-order valence-corrected chi connectivity index (χ3v) is 2.48. The van der Waals surface area contributed by atoms with E-state index in [1.807, 2.05) is 6.20 Å². The Bertz CT molecular complexity index is 181. The number of hydrogen-bond acceptors (Lipinski definition) is 1. The Kier molecular flexibility index (Phi) is 2.26. The maximum atomic E-state index is 4.22. The van der Waals surface area contributed by atoms with Gasteiger partial charge in [-0.2, -0.15) is 0 Å². The summed E-state index contributed by atoms with van der Waals surface area (Å²) in [6.45, 7) is 2.06. The molecule has 0 aliphatic heterocycles. The average molecular weight is 186 g/mol. The van der Waals surface area contributed by atoms with E-state index in [-0.39, 0.29) is 0 Å². The van der Waals surface area contributed by atoms with Gasteiger partial charge in [0, 0.05) is 0 Å². The summed E-state index contributed by atoms with van der Waals surface area (Å²) in [6.07, 6.45) is 1.92. The van der Waals surface area contributed by atoms with Gasteiger partial charge in [0.05, 0.1) is 0 Å². The van der Waals surface area contributed by atoms with Crippen LogP contribution in [-0.2, 0) is 0 Å². The minimum absolute atomic E-state index is 0.549. The second-order valence-corrected chi connectivity index (χ2v) is 3.61. The molecule has 9 heavy (non-hydrogen) atoms. The summed E-state index contributed by atoms with van der Waals surface area (Å²) in [7, 11) is 0. The number of aryl methyl sites for hydroxylation is 1. The van der Waals surface area contributed by atoms with Crippen molar-refractivity contribution in [2.45, 2.75) is 12.7 Å². The van der Waals surface area contributed by atoms with Gasteiger partial charge in [-0.1, -0.05) is 0 Å². The second kappa shape index (κ2) is 3.00. The molecule has 0 saturated heterocycles. The van der Waals surface area contributed by atoms with Crippen LogP contribution < -0.4 is 4.59 Å². The van der Waals surface area contributed by atoms with Crippen molar-refractivity contribution in [3.63, 3.8) is 0 Å². The van der Waals surface area contributed by atoms with E-state index in [2.05, 4.69) is 29.9 Å². The van der Waals surface area contributed by atoms with Crippen LogP contribution in [0.1, 0.15) is 5.56 Å². The van der Waals surface area contributed by atoms with Crippen molar-refractivity contribution in [2.75, 3.05) is 0 Å². The molecule has 0 spiro atoms. The molecule has 0 aromatic carbocycles. The molecule has 2 heteroatoms. The summed E-state index contributed by atoms with van der Waals surface area (Å²) in [4.78, 5) is 4.22. The maximum absolute atomic E-state index is 4.22. The molecule has 1 aromatic rings. The molecule has 0 unspecified atom stereocenters. The van der Waals surface area contributed by atoms with Crippen molar-refractivity contribution in [1.82, 2.24) is 4.98 Å². The van der Waals surface area contributed by atoms with E-state index in [1.54, 1.807) is 0 Å². The van der Waals surface area contributed by atoms with E-state index < -0.39 is 0 Å². The summed E-state index contributed by atoms with van der Waals surface area (Å²) in [5.41, 5.74) is 1.24. The Hall–Kier alpha value is -0.331. The Balaban J connectivity index is 2.88. The van der Waals surface area contributed by atoms with Gasteiger partial charge in [-0.25, -0.2) is 0 Å². The van der Waals surface area contributed by atoms with E-state index in [1.165, 1.54) is 10.2 Å². The molecule has 0 aliphatic carbocycles. The monoisotopic (exact) mass is 187 g/mol. The first-order valence-electron chi connectivity index (χ1n) is 2.79. The van der Waals surface area contributed by atoms with Crippen molar-refractivity contribution >= 4 is 19.5 Å². The van der Waals surface area contributed by atoms with Gasteiger partial charge >= 0.3 is 61.2 Å². The van der Waals surface area contributed by atoms with Gasteiger partial charge in [-0.05, 0) is 0 Å². The van der Waals surface area contributed by atoms with Gasteiger partial charge in [0.15, 0.2) is 0 Å². The summed E-state index contributed by atoms with van der Waals surface area (Å²) < 4.78 is 1.23. The Morgan fingerprint density at radius 3 is 2.67 bits per heavy atom. The van der Waals surface area contributed by atoms with Gasteiger partial charge in [0.2, 0.25) is 0 Å². The molecule has 1 nitrogen and oxygen atoms in total. The normalized spacial score (nSPS) is 9.56. The van der Waals surface area contributed by atoms with Crippen LogP contribution >= 0.6 is 0 Å². The topological polar surface area (TPSA) is 12.9 Å². The van der Waals surface area contributed by atoms with Crippen LogP contribution in [0.25, 0.3) is 0 Å². The first kappa shape index (κ1) is 6.78. The van der Waals surface area contributed by atoms with Crippen molar-refractivity contribution in [1.29, 1.82) is 0 Å². The quantitative estimate of drug-likeness (QED) is 0.590. The Labute approximate surface area is 61.7 Å². The third-order valence-electron chi connectivity index (χ3n) is 1.09. The number of pyridine rings is 1. The predicted molar refractivity (Wildman–Crippen MR) is 40.2 cm³/mol. The van der Waals surface area contributed by atoms with Gasteiger partial charge in [0.1, 0.15) is 0 Å². The van der Waals surface area contributed by atoms with Crippen LogP contribution in [0.2, 0.25) is 5.82 Å². The number of rotatable bonds is 1. The fraction of sp³-hybridized carbons (Fsp3) is 0.286. The van der Waals surface area contributed by atoms with Gasteiger partial charge in [-0.3, -0.25) is 0 Å². The zero-order valence-corrected chi connectivity index (χ0v) is 7.30. The van der Waals surface area contributed by atoms with Crippen molar-refractivity contribution in [2.24, 2.45) is 0 Å². The fourth-order valence-electron chi connectivity index (χ4n) is 0.575. The molecular formula is C7H9NSe. The van der Waals surface area contributed by atoms with E-state index >= 15 is 0 Å². The standard InChI is InChI=1S/C7H9NSe/c1-6-3-4-7(9-2)8-5-6/h3-5H,1-2H3. The van der Waals surface area contributed by atoms with Crippen LogP contribution in [0.15, 0.2) is 18.3 Å². The molecule has 0 saturated carbocycles. The van der Waals surface area contributed by atoms with Crippen LogP contribution in [0.5, 0.6) is 0 Å². The summed E-state index contributed by atoms with van der Waals surface area (Å²) in [6, 6.07) is 4.20. The predicted octanol–water partition coefficient (Wildman–Crippen LogP) is 0.768. The molecule has 0 bridgehead atoms. The molecule has 0 aliphatic rings. The average Bonchev–Trinajstić information content (AvgIpc) is 1.90. The van der Waals surface area contributed by atoms with E-state index in [4.69, 9.17) is 0 Å². The van der Waals surface area contributed by atoms with E-state index in [9.17, 15) is 0 Å². The van der Waals surface area contributed by atoms with Crippen molar-refractivity contribution in [3.8, 4) is 0 Å². The van der Waals surface area contributed by atoms with Crippen molar-refractivity contribution in [3.05, 3.63) is 23.9 Å². The molecule has 48 valence electrons. The number of hydrogen-bond donors (Lipinski definition) is 0. The van der Waals surface area contributed by atoms with Crippen LogP contribution in [0, 0.1) is 6.92 Å². The molecule has 0 fully saturated rings. The molecule has 0 amide bonds. The summed E-state index contributed by atoms with van der Waals surface area (Å²) in [5, 5.41) is 0. The molecule has 1 aromatic heterocycles. The van der Waals surface area contributed by atoms with Crippen LogP contribution in [0.4, 0.5) is 0 Å².